The van der Waals surface area contributed by atoms with Crippen LogP contribution in [-0.4, -0.2) is 28.3 Å². The van der Waals surface area contributed by atoms with Crippen molar-refractivity contribution in [3.8, 4) is 5.69 Å². The summed E-state index contributed by atoms with van der Waals surface area (Å²) >= 11 is 5.91. The van der Waals surface area contributed by atoms with Gasteiger partial charge in [-0.2, -0.15) is 0 Å². The topological polar surface area (TPSA) is 101 Å². The van der Waals surface area contributed by atoms with Crippen molar-refractivity contribution < 1.29 is 19.2 Å². The molecule has 8 nitrogen and oxygen atoms in total. The zero-order valence-corrected chi connectivity index (χ0v) is 19.4. The molecule has 1 aliphatic rings. The van der Waals surface area contributed by atoms with Crippen LogP contribution in [0.2, 0.25) is 5.02 Å². The molecule has 34 heavy (non-hydrogen) atoms. The van der Waals surface area contributed by atoms with Gasteiger partial charge in [0.15, 0.2) is 0 Å². The number of hydrogen-bond donors (Lipinski definition) is 2. The number of barbiturate groups is 1. The molecule has 0 atom stereocenters. The second-order valence-corrected chi connectivity index (χ2v) is 8.26. The summed E-state index contributed by atoms with van der Waals surface area (Å²) in [6.07, 6.45) is 1.48. The van der Waals surface area contributed by atoms with Gasteiger partial charge >= 0.3 is 6.03 Å². The van der Waals surface area contributed by atoms with E-state index in [1.807, 2.05) is 36.6 Å². The van der Waals surface area contributed by atoms with Gasteiger partial charge in [0.2, 0.25) is 5.91 Å². The van der Waals surface area contributed by atoms with E-state index in [9.17, 15) is 19.2 Å². The Morgan fingerprint density at radius 3 is 2.21 bits per heavy atom. The number of benzene rings is 2. The predicted octanol–water partition coefficient (Wildman–Crippen LogP) is 4.37. The number of anilines is 2. The van der Waals surface area contributed by atoms with Crippen molar-refractivity contribution in [2.24, 2.45) is 0 Å². The third-order valence-corrected chi connectivity index (χ3v) is 5.65. The number of urea groups is 1. The van der Waals surface area contributed by atoms with Gasteiger partial charge in [-0.1, -0.05) is 11.6 Å². The smallest absolute Gasteiger partial charge is 0.326 e. The van der Waals surface area contributed by atoms with Gasteiger partial charge in [0.1, 0.15) is 5.57 Å². The molecule has 3 aromatic rings. The molecule has 1 fully saturated rings. The zero-order valence-electron chi connectivity index (χ0n) is 18.7. The lowest BCUT2D eigenvalue weighted by molar-refractivity contribution is -0.122. The standard InChI is InChI=1S/C25H21ClN4O4/c1-14-12-17(15(2)29(14)20-10-6-19(7-11-20)27-16(3)31)13-22-23(32)28-25(34)30(24(22)33)21-8-4-18(26)5-9-21/h4-13H,1-3H3,(H,27,31)(H,28,32,34)/b22-13+. The molecule has 172 valence electrons. The van der Waals surface area contributed by atoms with Gasteiger partial charge in [0.05, 0.1) is 5.69 Å². The molecule has 0 aliphatic carbocycles. The van der Waals surface area contributed by atoms with Crippen molar-refractivity contribution in [2.75, 3.05) is 10.2 Å². The molecular weight excluding hydrogens is 456 g/mol. The van der Waals surface area contributed by atoms with E-state index < -0.39 is 17.8 Å². The van der Waals surface area contributed by atoms with Crippen LogP contribution in [0.25, 0.3) is 11.8 Å². The van der Waals surface area contributed by atoms with Crippen molar-refractivity contribution in [1.82, 2.24) is 9.88 Å². The zero-order chi connectivity index (χ0) is 24.6. The van der Waals surface area contributed by atoms with Crippen LogP contribution in [0.15, 0.2) is 60.2 Å². The lowest BCUT2D eigenvalue weighted by atomic mass is 10.1. The number of amides is 5. The van der Waals surface area contributed by atoms with Crippen molar-refractivity contribution in [3.05, 3.63) is 82.1 Å². The summed E-state index contributed by atoms with van der Waals surface area (Å²) in [5.41, 5.74) is 4.01. The summed E-state index contributed by atoms with van der Waals surface area (Å²) in [6.45, 7) is 5.22. The van der Waals surface area contributed by atoms with E-state index in [0.717, 1.165) is 22.0 Å². The molecule has 0 saturated carbocycles. The quantitative estimate of drug-likeness (QED) is 0.431. The number of carbonyl (C=O) groups is 4. The molecule has 0 unspecified atom stereocenters. The van der Waals surface area contributed by atoms with E-state index in [4.69, 9.17) is 11.6 Å². The molecular formula is C25H21ClN4O4. The molecule has 4 rings (SSSR count). The normalized spacial score (nSPS) is 15.0. The molecule has 0 bridgehead atoms. The van der Waals surface area contributed by atoms with E-state index in [1.165, 1.54) is 25.1 Å². The van der Waals surface area contributed by atoms with Crippen molar-refractivity contribution >= 4 is 52.8 Å². The van der Waals surface area contributed by atoms with Crippen molar-refractivity contribution in [3.63, 3.8) is 0 Å². The number of carbonyl (C=O) groups excluding carboxylic acids is 4. The largest absolute Gasteiger partial charge is 0.335 e. The molecule has 9 heteroatoms. The Hall–Kier alpha value is -4.17. The molecule has 2 aromatic carbocycles. The van der Waals surface area contributed by atoms with E-state index in [-0.39, 0.29) is 11.5 Å². The average molecular weight is 477 g/mol. The number of nitrogens with one attached hydrogen (secondary N) is 2. The molecule has 5 amide bonds. The van der Waals surface area contributed by atoms with Crippen LogP contribution < -0.4 is 15.5 Å². The highest BCUT2D eigenvalue weighted by atomic mass is 35.5. The maximum Gasteiger partial charge on any atom is 0.335 e. The molecule has 1 aliphatic heterocycles. The minimum Gasteiger partial charge on any atom is -0.326 e. The summed E-state index contributed by atoms with van der Waals surface area (Å²) in [5.74, 6) is -1.64. The second-order valence-electron chi connectivity index (χ2n) is 7.82. The van der Waals surface area contributed by atoms with E-state index >= 15 is 0 Å². The van der Waals surface area contributed by atoms with Crippen LogP contribution in [0.4, 0.5) is 16.2 Å². The molecule has 0 spiro atoms. The number of rotatable bonds is 4. The fraction of sp³-hybridized carbons (Fsp3) is 0.120. The van der Waals surface area contributed by atoms with Gasteiger partial charge in [-0.25, -0.2) is 9.69 Å². The Morgan fingerprint density at radius 2 is 1.59 bits per heavy atom. The summed E-state index contributed by atoms with van der Waals surface area (Å²) in [7, 11) is 0. The van der Waals surface area contributed by atoms with Crippen LogP contribution >= 0.6 is 11.6 Å². The van der Waals surface area contributed by atoms with Crippen molar-refractivity contribution in [1.29, 1.82) is 0 Å². The third kappa shape index (κ3) is 4.35. The number of aromatic nitrogens is 1. The number of hydrogen-bond acceptors (Lipinski definition) is 4. The molecule has 0 radical (unpaired) electrons. The minimum atomic E-state index is -0.820. The average Bonchev–Trinajstić information content (AvgIpc) is 3.05. The Bertz CT molecular complexity index is 1350. The van der Waals surface area contributed by atoms with Gasteiger partial charge in [-0.05, 0) is 80.1 Å². The van der Waals surface area contributed by atoms with Gasteiger partial charge in [0, 0.05) is 34.7 Å². The summed E-state index contributed by atoms with van der Waals surface area (Å²) in [4.78, 5) is 50.2. The fourth-order valence-electron chi connectivity index (χ4n) is 3.87. The number of imide groups is 2. The van der Waals surface area contributed by atoms with Crippen molar-refractivity contribution in [2.45, 2.75) is 20.8 Å². The summed E-state index contributed by atoms with van der Waals surface area (Å²) in [5, 5.41) is 5.41. The molecule has 2 heterocycles. The lowest BCUT2D eigenvalue weighted by Gasteiger charge is -2.26. The van der Waals surface area contributed by atoms with Crippen LogP contribution in [0.1, 0.15) is 23.9 Å². The Kier molecular flexibility index (Phi) is 6.08. The first-order valence-corrected chi connectivity index (χ1v) is 10.8. The fourth-order valence-corrected chi connectivity index (χ4v) is 3.99. The minimum absolute atomic E-state index is 0.156. The molecule has 1 aromatic heterocycles. The van der Waals surface area contributed by atoms with Crippen LogP contribution in [-0.2, 0) is 14.4 Å². The molecule has 1 saturated heterocycles. The Balaban J connectivity index is 1.70. The van der Waals surface area contributed by atoms with Gasteiger partial charge in [0.25, 0.3) is 11.8 Å². The summed E-state index contributed by atoms with van der Waals surface area (Å²) in [6, 6.07) is 14.5. The monoisotopic (exact) mass is 476 g/mol. The number of nitrogens with zero attached hydrogens (tertiary/aromatic N) is 2. The summed E-state index contributed by atoms with van der Waals surface area (Å²) < 4.78 is 1.97. The number of halogens is 1. The van der Waals surface area contributed by atoms with E-state index in [0.29, 0.717) is 22.0 Å². The second kappa shape index (κ2) is 8.99. The Morgan fingerprint density at radius 1 is 0.971 bits per heavy atom. The van der Waals surface area contributed by atoms with Crippen LogP contribution in [0, 0.1) is 13.8 Å². The highest BCUT2D eigenvalue weighted by Gasteiger charge is 2.37. The maximum atomic E-state index is 13.1. The van der Waals surface area contributed by atoms with Gasteiger partial charge < -0.3 is 9.88 Å². The first-order chi connectivity index (χ1) is 16.2. The lowest BCUT2D eigenvalue weighted by Crippen LogP contribution is -2.54. The third-order valence-electron chi connectivity index (χ3n) is 5.40. The van der Waals surface area contributed by atoms with Crippen LogP contribution in [0.3, 0.4) is 0 Å². The van der Waals surface area contributed by atoms with E-state index in [2.05, 4.69) is 10.6 Å². The molecule has 2 N–H and O–H groups in total. The Labute approximate surface area is 200 Å². The highest BCUT2D eigenvalue weighted by Crippen LogP contribution is 2.27. The van der Waals surface area contributed by atoms with Crippen LogP contribution in [0.5, 0.6) is 0 Å². The SMILES string of the molecule is CC(=O)Nc1ccc(-n2c(C)cc(/C=C3\C(=O)NC(=O)N(c4ccc(Cl)cc4)C3=O)c2C)cc1. The first kappa shape index (κ1) is 23.0. The van der Waals surface area contributed by atoms with Gasteiger partial charge in [-0.3, -0.25) is 19.7 Å². The first-order valence-electron chi connectivity index (χ1n) is 10.4. The number of aryl methyl sites for hydroxylation is 1. The van der Waals surface area contributed by atoms with E-state index in [1.54, 1.807) is 24.3 Å². The maximum absolute atomic E-state index is 13.1. The predicted molar refractivity (Wildman–Crippen MR) is 130 cm³/mol. The van der Waals surface area contributed by atoms with Gasteiger partial charge in [-0.15, -0.1) is 0 Å². The highest BCUT2D eigenvalue weighted by molar-refractivity contribution is 6.39.